The zero-order valence-electron chi connectivity index (χ0n) is 18.6. The zero-order valence-corrected chi connectivity index (χ0v) is 20.2. The van der Waals surface area contributed by atoms with Gasteiger partial charge in [0.05, 0.1) is 11.7 Å². The van der Waals surface area contributed by atoms with Crippen LogP contribution in [0.2, 0.25) is 0 Å². The molecule has 0 aromatic carbocycles. The van der Waals surface area contributed by atoms with Crippen LogP contribution in [0.5, 0.6) is 0 Å². The summed E-state index contributed by atoms with van der Waals surface area (Å²) in [4.78, 5) is 59.0. The van der Waals surface area contributed by atoms with Crippen LogP contribution in [0.4, 0.5) is 5.13 Å². The van der Waals surface area contributed by atoms with Gasteiger partial charge in [-0.25, -0.2) is 9.36 Å². The van der Waals surface area contributed by atoms with Gasteiger partial charge in [-0.15, -0.1) is 11.8 Å². The van der Waals surface area contributed by atoms with Crippen molar-refractivity contribution < 1.29 is 38.8 Å². The Bertz CT molecular complexity index is 1310. The van der Waals surface area contributed by atoms with E-state index in [0.29, 0.717) is 5.57 Å². The Morgan fingerprint density at radius 2 is 2.22 bits per heavy atom. The Kier molecular flexibility index (Phi) is 7.16. The number of aromatic nitrogens is 3. The first-order valence-electron chi connectivity index (χ1n) is 10.4. The third kappa shape index (κ3) is 4.85. The number of aromatic carboxylic acids is 1. The average molecular weight is 534 g/mol. The zero-order chi connectivity index (χ0) is 26.0. The number of nitrogens with zero attached hydrogens (tertiary/aromatic N) is 5. The van der Waals surface area contributed by atoms with E-state index in [4.69, 9.17) is 10.6 Å². The molecule has 4 N–H and O–H groups in total. The number of hydrogen-bond acceptors (Lipinski definition) is 12. The summed E-state index contributed by atoms with van der Waals surface area (Å²) in [7, 11) is 0. The summed E-state index contributed by atoms with van der Waals surface area (Å²) < 4.78 is 5.45. The summed E-state index contributed by atoms with van der Waals surface area (Å²) in [5, 5.41) is 26.9. The first-order chi connectivity index (χ1) is 17.2. The van der Waals surface area contributed by atoms with E-state index >= 15 is 0 Å². The standard InChI is InChI=1S/C20H19N7O7S2/c1-2-34-24-11(14-23-20(21)36-25-14)15(28)22-12-16(29)27-13(19(32)33)10(8-35-17(12)27)7-26-5-3-4-9(6-26)18(30)31/h3-6,12,17H,2,7-8H2,1H3,(H4-,21,22,23,25,28,30,31,32,33)/t12?,17-/m0/s1. The van der Waals surface area contributed by atoms with Crippen molar-refractivity contribution in [3.63, 3.8) is 0 Å². The third-order valence-electron chi connectivity index (χ3n) is 5.16. The number of β-lactam (4-membered cyclic amide) rings is 1. The normalized spacial score (nSPS) is 19.4. The molecule has 2 aromatic heterocycles. The highest BCUT2D eigenvalue weighted by Gasteiger charge is 2.53. The van der Waals surface area contributed by atoms with Gasteiger partial charge in [-0.05, 0) is 13.0 Å². The van der Waals surface area contributed by atoms with Gasteiger partial charge in [-0.1, -0.05) is 5.16 Å². The molecule has 0 saturated carbocycles. The SMILES string of the molecule is CCON=C(C(=O)NC1C(=O)N2C(C(=O)[O-])=C(C[n+]3cccc(C(=O)O)c3)CS[C@@H]12)c1nsc(N)n1. The molecule has 0 radical (unpaired) electrons. The number of carbonyl (C=O) groups excluding carboxylic acids is 3. The van der Waals surface area contributed by atoms with Crippen molar-refractivity contribution >= 4 is 57.9 Å². The number of hydrogen-bond donors (Lipinski definition) is 3. The van der Waals surface area contributed by atoms with Gasteiger partial charge in [0.2, 0.25) is 11.5 Å². The molecule has 2 aliphatic heterocycles. The predicted octanol–water partition coefficient (Wildman–Crippen LogP) is -2.05. The molecule has 1 unspecified atom stereocenters. The number of nitrogens with two attached hydrogens (primary N) is 1. The van der Waals surface area contributed by atoms with Crippen molar-refractivity contribution in [2.24, 2.45) is 5.16 Å². The minimum Gasteiger partial charge on any atom is -0.543 e. The number of thioether (sulfide) groups is 1. The fourth-order valence-electron chi connectivity index (χ4n) is 3.61. The lowest BCUT2D eigenvalue weighted by molar-refractivity contribution is -0.689. The summed E-state index contributed by atoms with van der Waals surface area (Å²) in [6.07, 6.45) is 2.95. The topological polar surface area (TPSA) is 204 Å². The molecular formula is C20H19N7O7S2. The lowest BCUT2D eigenvalue weighted by Gasteiger charge is -2.50. The molecule has 1 saturated heterocycles. The molecule has 14 nitrogen and oxygen atoms in total. The molecule has 0 spiro atoms. The highest BCUT2D eigenvalue weighted by atomic mass is 32.2. The van der Waals surface area contributed by atoms with Crippen LogP contribution in [0, 0.1) is 0 Å². The lowest BCUT2D eigenvalue weighted by Crippen LogP contribution is -2.71. The summed E-state index contributed by atoms with van der Waals surface area (Å²) in [5.74, 6) is -3.98. The van der Waals surface area contributed by atoms with Crippen molar-refractivity contribution in [2.75, 3.05) is 18.1 Å². The van der Waals surface area contributed by atoms with Gasteiger partial charge < -0.3 is 30.9 Å². The minimum absolute atomic E-state index is 0.0260. The monoisotopic (exact) mass is 533 g/mol. The van der Waals surface area contributed by atoms with Crippen molar-refractivity contribution in [3.8, 4) is 0 Å². The maximum Gasteiger partial charge on any atom is 0.341 e. The van der Waals surface area contributed by atoms with Gasteiger partial charge in [0, 0.05) is 28.9 Å². The van der Waals surface area contributed by atoms with Gasteiger partial charge in [0.1, 0.15) is 23.6 Å². The number of carboxylic acid groups (broad SMARTS) is 2. The van der Waals surface area contributed by atoms with Gasteiger partial charge >= 0.3 is 5.97 Å². The molecule has 2 aliphatic rings. The van der Waals surface area contributed by atoms with Gasteiger partial charge in [-0.2, -0.15) is 9.36 Å². The average Bonchev–Trinajstić information content (AvgIpc) is 3.28. The molecule has 36 heavy (non-hydrogen) atoms. The van der Waals surface area contributed by atoms with Crippen molar-refractivity contribution in [2.45, 2.75) is 24.9 Å². The fourth-order valence-corrected chi connectivity index (χ4v) is 5.38. The number of carboxylic acids is 2. The Hall–Kier alpha value is -4.05. The molecule has 188 valence electrons. The number of pyridine rings is 1. The van der Waals surface area contributed by atoms with Crippen LogP contribution in [-0.4, -0.2) is 72.6 Å². The smallest absolute Gasteiger partial charge is 0.341 e. The number of anilines is 1. The predicted molar refractivity (Wildman–Crippen MR) is 123 cm³/mol. The van der Waals surface area contributed by atoms with Crippen molar-refractivity contribution in [1.29, 1.82) is 0 Å². The van der Waals surface area contributed by atoms with Crippen LogP contribution in [0.25, 0.3) is 0 Å². The molecule has 1 fully saturated rings. The summed E-state index contributed by atoms with van der Waals surface area (Å²) in [5.41, 5.74) is 5.39. The molecule has 4 rings (SSSR count). The number of nitrogens with one attached hydrogen (secondary N) is 1. The number of oxime groups is 1. The van der Waals surface area contributed by atoms with Gasteiger partial charge in [0.15, 0.2) is 24.1 Å². The second-order valence-electron chi connectivity index (χ2n) is 7.48. The first kappa shape index (κ1) is 25.1. The van der Waals surface area contributed by atoms with Crippen molar-refractivity contribution in [3.05, 3.63) is 47.2 Å². The number of nitrogen functional groups attached to an aromatic ring is 1. The summed E-state index contributed by atoms with van der Waals surface area (Å²) in [6.45, 7) is 1.86. The summed E-state index contributed by atoms with van der Waals surface area (Å²) in [6, 6.07) is 1.89. The Labute approximate surface area is 211 Å². The van der Waals surface area contributed by atoms with E-state index < -0.39 is 35.2 Å². The second-order valence-corrected chi connectivity index (χ2v) is 9.37. The Balaban J connectivity index is 1.54. The quantitative estimate of drug-likeness (QED) is 0.138. The minimum atomic E-state index is -1.55. The van der Waals surface area contributed by atoms with E-state index in [9.17, 15) is 29.4 Å². The molecule has 0 aliphatic carbocycles. The Morgan fingerprint density at radius 3 is 2.86 bits per heavy atom. The molecule has 2 atom stereocenters. The lowest BCUT2D eigenvalue weighted by atomic mass is 10.0. The molecule has 0 bridgehead atoms. The third-order valence-corrected chi connectivity index (χ3v) is 7.04. The van der Waals surface area contributed by atoms with Gasteiger partial charge in [0.25, 0.3) is 11.8 Å². The van der Waals surface area contributed by atoms with E-state index in [1.54, 1.807) is 13.1 Å². The number of amides is 2. The molecule has 2 aromatic rings. The van der Waals surface area contributed by atoms with E-state index in [2.05, 4.69) is 19.8 Å². The molecule has 4 heterocycles. The van der Waals surface area contributed by atoms with Crippen molar-refractivity contribution in [1.82, 2.24) is 19.6 Å². The fraction of sp³-hybridized carbons (Fsp3) is 0.300. The molecule has 16 heteroatoms. The number of rotatable bonds is 9. The van der Waals surface area contributed by atoms with Crippen LogP contribution in [0.15, 0.2) is 41.0 Å². The maximum atomic E-state index is 12.9. The van der Waals surface area contributed by atoms with E-state index in [1.807, 2.05) is 0 Å². The molecular weight excluding hydrogens is 514 g/mol. The van der Waals surface area contributed by atoms with Crippen LogP contribution < -0.4 is 20.7 Å². The second kappa shape index (κ2) is 10.3. The van der Waals surface area contributed by atoms with Crippen LogP contribution in [-0.2, 0) is 25.8 Å². The summed E-state index contributed by atoms with van der Waals surface area (Å²) >= 11 is 2.10. The largest absolute Gasteiger partial charge is 0.543 e. The van der Waals surface area contributed by atoms with E-state index in [0.717, 1.165) is 16.4 Å². The Morgan fingerprint density at radius 1 is 1.44 bits per heavy atom. The maximum absolute atomic E-state index is 12.9. The van der Waals surface area contributed by atoms with Crippen LogP contribution in [0.1, 0.15) is 23.1 Å². The first-order valence-corrected chi connectivity index (χ1v) is 12.2. The van der Waals surface area contributed by atoms with Crippen LogP contribution in [0.3, 0.4) is 0 Å². The highest BCUT2D eigenvalue weighted by Crippen LogP contribution is 2.40. The van der Waals surface area contributed by atoms with E-state index in [1.165, 1.54) is 34.7 Å². The van der Waals surface area contributed by atoms with Crippen LogP contribution >= 0.6 is 23.3 Å². The number of aliphatic carboxylic acids is 1. The van der Waals surface area contributed by atoms with E-state index in [-0.39, 0.29) is 46.8 Å². The van der Waals surface area contributed by atoms with Gasteiger partial charge in [-0.3, -0.25) is 14.5 Å². The highest BCUT2D eigenvalue weighted by molar-refractivity contribution is 8.00. The number of carbonyl (C=O) groups is 4. The molecule has 2 amide bonds. The number of fused-ring (bicyclic) bond motifs is 1.